The van der Waals surface area contributed by atoms with E-state index in [1.54, 1.807) is 42.5 Å². The van der Waals surface area contributed by atoms with Crippen LogP contribution < -0.4 is 5.32 Å². The summed E-state index contributed by atoms with van der Waals surface area (Å²) in [6, 6.07) is 20.7. The minimum absolute atomic E-state index is 0.172. The van der Waals surface area contributed by atoms with E-state index in [9.17, 15) is 9.90 Å². The first-order valence-electron chi connectivity index (χ1n) is 11.0. The first-order chi connectivity index (χ1) is 15.1. The summed E-state index contributed by atoms with van der Waals surface area (Å²) in [6.45, 7) is 2.17. The van der Waals surface area contributed by atoms with Gasteiger partial charge in [-0.15, -0.1) is 0 Å². The zero-order chi connectivity index (χ0) is 21.8. The van der Waals surface area contributed by atoms with Crippen molar-refractivity contribution in [1.82, 2.24) is 5.32 Å². The fourth-order valence-electron chi connectivity index (χ4n) is 4.32. The number of benzene rings is 3. The van der Waals surface area contributed by atoms with Gasteiger partial charge in [0.25, 0.3) is 5.91 Å². The van der Waals surface area contributed by atoms with Crippen LogP contribution in [0.1, 0.15) is 54.6 Å². The second kappa shape index (κ2) is 9.34. The van der Waals surface area contributed by atoms with Crippen molar-refractivity contribution in [3.8, 4) is 16.9 Å². The molecule has 3 nitrogen and oxygen atoms in total. The zero-order valence-corrected chi connectivity index (χ0v) is 17.7. The number of carbonyl (C=O) groups is 1. The molecule has 0 spiro atoms. The Bertz CT molecular complexity index is 1030. The van der Waals surface area contributed by atoms with Crippen molar-refractivity contribution in [2.24, 2.45) is 11.8 Å². The highest BCUT2D eigenvalue weighted by molar-refractivity contribution is 5.94. The van der Waals surface area contributed by atoms with Gasteiger partial charge in [0.15, 0.2) is 0 Å². The van der Waals surface area contributed by atoms with Gasteiger partial charge < -0.3 is 10.4 Å². The molecular weight excluding hydrogens is 389 g/mol. The maximum Gasteiger partial charge on any atom is 0.251 e. The molecule has 4 heteroatoms. The van der Waals surface area contributed by atoms with Crippen LogP contribution in [-0.2, 0) is 0 Å². The van der Waals surface area contributed by atoms with E-state index in [2.05, 4.69) is 12.2 Å². The minimum atomic E-state index is -0.344. The van der Waals surface area contributed by atoms with E-state index in [0.717, 1.165) is 36.8 Å². The molecule has 1 aliphatic carbocycles. The first kappa shape index (κ1) is 21.1. The van der Waals surface area contributed by atoms with Gasteiger partial charge in [-0.25, -0.2) is 4.39 Å². The van der Waals surface area contributed by atoms with Gasteiger partial charge in [-0.2, -0.15) is 0 Å². The number of halogens is 1. The van der Waals surface area contributed by atoms with Gasteiger partial charge in [-0.1, -0.05) is 68.7 Å². The predicted molar refractivity (Wildman–Crippen MR) is 121 cm³/mol. The van der Waals surface area contributed by atoms with Crippen LogP contribution in [0.4, 0.5) is 4.39 Å². The maximum atomic E-state index is 15.3. The van der Waals surface area contributed by atoms with Gasteiger partial charge in [0, 0.05) is 11.1 Å². The molecule has 0 aromatic heterocycles. The average Bonchev–Trinajstić information content (AvgIpc) is 3.56. The Kier molecular flexibility index (Phi) is 6.36. The molecule has 3 aromatic carbocycles. The molecule has 1 amide bonds. The second-order valence-corrected chi connectivity index (χ2v) is 8.40. The maximum absolute atomic E-state index is 15.3. The normalized spacial score (nSPS) is 18.4. The van der Waals surface area contributed by atoms with Gasteiger partial charge in [0.1, 0.15) is 11.6 Å². The van der Waals surface area contributed by atoms with E-state index in [-0.39, 0.29) is 29.4 Å². The number of aromatic hydroxyl groups is 1. The molecule has 160 valence electrons. The van der Waals surface area contributed by atoms with Crippen LogP contribution in [0.25, 0.3) is 11.1 Å². The number of hydrogen-bond acceptors (Lipinski definition) is 2. The van der Waals surface area contributed by atoms with Crippen LogP contribution in [0.15, 0.2) is 72.8 Å². The number of carbonyl (C=O) groups excluding carboxylic acids is 1. The summed E-state index contributed by atoms with van der Waals surface area (Å²) in [4.78, 5) is 12.9. The van der Waals surface area contributed by atoms with Crippen LogP contribution >= 0.6 is 0 Å². The van der Waals surface area contributed by atoms with E-state index in [1.807, 2.05) is 24.3 Å². The number of unbranched alkanes of at least 4 members (excludes halogenated alkanes) is 1. The summed E-state index contributed by atoms with van der Waals surface area (Å²) < 4.78 is 15.3. The third-order valence-electron chi connectivity index (χ3n) is 6.19. The molecule has 0 radical (unpaired) electrons. The molecule has 1 fully saturated rings. The Hall–Kier alpha value is -3.14. The predicted octanol–water partition coefficient (Wildman–Crippen LogP) is 6.50. The SMILES string of the molecule is CCCC[C@@H]1C[C@H]1[C@@H](NC(=O)c1ccccc1)c1ccc(-c2ccc(O)cc2)cc1F. The molecule has 31 heavy (non-hydrogen) atoms. The summed E-state index contributed by atoms with van der Waals surface area (Å²) in [5.74, 6) is 0.473. The Morgan fingerprint density at radius 1 is 1.06 bits per heavy atom. The third-order valence-corrected chi connectivity index (χ3v) is 6.19. The molecule has 3 aromatic rings. The van der Waals surface area contributed by atoms with E-state index in [0.29, 0.717) is 17.0 Å². The lowest BCUT2D eigenvalue weighted by Gasteiger charge is -2.21. The fourth-order valence-corrected chi connectivity index (χ4v) is 4.32. The molecule has 0 aliphatic heterocycles. The van der Waals surface area contributed by atoms with Crippen LogP contribution in [0.5, 0.6) is 5.75 Å². The summed E-state index contributed by atoms with van der Waals surface area (Å²) >= 11 is 0. The number of hydrogen-bond donors (Lipinski definition) is 2. The molecular formula is C27H28FNO2. The lowest BCUT2D eigenvalue weighted by atomic mass is 9.95. The summed E-state index contributed by atoms with van der Waals surface area (Å²) in [5, 5.41) is 12.6. The first-order valence-corrected chi connectivity index (χ1v) is 11.0. The largest absolute Gasteiger partial charge is 0.508 e. The molecule has 0 bridgehead atoms. The van der Waals surface area contributed by atoms with E-state index >= 15 is 4.39 Å². The van der Waals surface area contributed by atoms with Crippen molar-refractivity contribution in [1.29, 1.82) is 0 Å². The quantitative estimate of drug-likeness (QED) is 0.440. The lowest BCUT2D eigenvalue weighted by molar-refractivity contribution is 0.0929. The highest BCUT2D eigenvalue weighted by Gasteiger charge is 2.44. The standard InChI is InChI=1S/C27H28FNO2/c1-2-3-7-21-16-24(21)26(29-27(31)19-8-5-4-6-9-19)23-15-12-20(17-25(23)28)18-10-13-22(30)14-11-18/h4-6,8-15,17,21,24,26,30H,2-3,7,16H2,1H3,(H,29,31)/t21-,24-,26+/m1/s1. The molecule has 4 rings (SSSR count). The van der Waals surface area contributed by atoms with Gasteiger partial charge in [0.05, 0.1) is 6.04 Å². The second-order valence-electron chi connectivity index (χ2n) is 8.40. The highest BCUT2D eigenvalue weighted by atomic mass is 19.1. The smallest absolute Gasteiger partial charge is 0.251 e. The van der Waals surface area contributed by atoms with Crippen molar-refractivity contribution in [2.75, 3.05) is 0 Å². The Balaban J connectivity index is 1.60. The number of nitrogens with one attached hydrogen (secondary N) is 1. The van der Waals surface area contributed by atoms with Crippen molar-refractivity contribution in [3.05, 3.63) is 89.7 Å². The molecule has 2 N–H and O–H groups in total. The van der Waals surface area contributed by atoms with Gasteiger partial charge >= 0.3 is 0 Å². The Labute approximate surface area is 182 Å². The van der Waals surface area contributed by atoms with Gasteiger partial charge in [0.2, 0.25) is 0 Å². The number of rotatable bonds is 8. The molecule has 3 atom stereocenters. The zero-order valence-electron chi connectivity index (χ0n) is 17.7. The van der Waals surface area contributed by atoms with Crippen LogP contribution in [0.2, 0.25) is 0 Å². The van der Waals surface area contributed by atoms with Gasteiger partial charge in [-0.05, 0) is 59.7 Å². The Morgan fingerprint density at radius 2 is 1.77 bits per heavy atom. The lowest BCUT2D eigenvalue weighted by Crippen LogP contribution is -2.31. The molecule has 1 aliphatic rings. The molecule has 0 unspecified atom stereocenters. The van der Waals surface area contributed by atoms with Crippen molar-refractivity contribution < 1.29 is 14.3 Å². The third kappa shape index (κ3) is 4.96. The van der Waals surface area contributed by atoms with Crippen molar-refractivity contribution in [2.45, 2.75) is 38.6 Å². The topological polar surface area (TPSA) is 49.3 Å². The monoisotopic (exact) mass is 417 g/mol. The van der Waals surface area contributed by atoms with E-state index < -0.39 is 0 Å². The van der Waals surface area contributed by atoms with Crippen LogP contribution in [-0.4, -0.2) is 11.0 Å². The Morgan fingerprint density at radius 3 is 2.45 bits per heavy atom. The highest BCUT2D eigenvalue weighted by Crippen LogP contribution is 2.50. The number of phenols is 1. The molecule has 0 saturated heterocycles. The van der Waals surface area contributed by atoms with Crippen LogP contribution in [0.3, 0.4) is 0 Å². The van der Waals surface area contributed by atoms with Gasteiger partial charge in [-0.3, -0.25) is 4.79 Å². The van der Waals surface area contributed by atoms with Crippen LogP contribution in [0, 0.1) is 17.7 Å². The molecule has 1 saturated carbocycles. The number of amides is 1. The fraction of sp³-hybridized carbons (Fsp3) is 0.296. The van der Waals surface area contributed by atoms with Crippen molar-refractivity contribution in [3.63, 3.8) is 0 Å². The summed E-state index contributed by atoms with van der Waals surface area (Å²) in [6.07, 6.45) is 4.42. The minimum Gasteiger partial charge on any atom is -0.508 e. The number of phenolic OH excluding ortho intramolecular Hbond substituents is 1. The van der Waals surface area contributed by atoms with E-state index in [1.165, 1.54) is 6.07 Å². The summed E-state index contributed by atoms with van der Waals surface area (Å²) in [5.41, 5.74) is 2.70. The van der Waals surface area contributed by atoms with E-state index in [4.69, 9.17) is 0 Å². The van der Waals surface area contributed by atoms with Crippen molar-refractivity contribution >= 4 is 5.91 Å². The average molecular weight is 418 g/mol. The summed E-state index contributed by atoms with van der Waals surface area (Å²) in [7, 11) is 0. The molecule has 0 heterocycles.